The summed E-state index contributed by atoms with van der Waals surface area (Å²) >= 11 is 6.39. The third-order valence-electron chi connectivity index (χ3n) is 3.59. The van der Waals surface area contributed by atoms with Gasteiger partial charge in [-0.15, -0.1) is 0 Å². The number of rotatable bonds is 7. The van der Waals surface area contributed by atoms with Gasteiger partial charge in [-0.3, -0.25) is 0 Å². The fraction of sp³-hybridized carbons (Fsp3) is 0.235. The van der Waals surface area contributed by atoms with E-state index in [0.29, 0.717) is 35.6 Å². The predicted molar refractivity (Wildman–Crippen MR) is 94.9 cm³/mol. The molecule has 0 spiro atoms. The fourth-order valence-corrected chi connectivity index (χ4v) is 2.59. The molecule has 1 heterocycles. The quantitative estimate of drug-likeness (QED) is 0.698. The Morgan fingerprint density at radius 3 is 2.64 bits per heavy atom. The smallest absolute Gasteiger partial charge is 0.242 e. The van der Waals surface area contributed by atoms with E-state index < -0.39 is 0 Å². The molecule has 7 nitrogen and oxygen atoms in total. The van der Waals surface area contributed by atoms with Gasteiger partial charge >= 0.3 is 0 Å². The highest BCUT2D eigenvalue weighted by molar-refractivity contribution is 6.32. The van der Waals surface area contributed by atoms with E-state index in [1.165, 1.54) is 0 Å². The molecule has 8 heteroatoms. The highest BCUT2D eigenvalue weighted by Crippen LogP contribution is 2.37. The lowest BCUT2D eigenvalue weighted by molar-refractivity contribution is 0.284. The summed E-state index contributed by atoms with van der Waals surface area (Å²) in [6.45, 7) is 0.919. The van der Waals surface area contributed by atoms with Crippen molar-refractivity contribution in [1.82, 2.24) is 20.2 Å². The van der Waals surface area contributed by atoms with Gasteiger partial charge in [0.1, 0.15) is 6.61 Å². The van der Waals surface area contributed by atoms with E-state index in [2.05, 4.69) is 20.8 Å². The fourth-order valence-electron chi connectivity index (χ4n) is 2.31. The summed E-state index contributed by atoms with van der Waals surface area (Å²) in [5, 5.41) is 14.9. The molecule has 0 fully saturated rings. The molecule has 130 valence electrons. The van der Waals surface area contributed by atoms with Gasteiger partial charge in [-0.1, -0.05) is 47.0 Å². The number of aryl methyl sites for hydroxylation is 1. The molecule has 2 aromatic carbocycles. The van der Waals surface area contributed by atoms with Crippen LogP contribution in [0, 0.1) is 0 Å². The van der Waals surface area contributed by atoms with Crippen molar-refractivity contribution in [1.29, 1.82) is 0 Å². The van der Waals surface area contributed by atoms with Gasteiger partial charge in [0.2, 0.25) is 5.95 Å². The van der Waals surface area contributed by atoms with Gasteiger partial charge < -0.3 is 14.8 Å². The van der Waals surface area contributed by atoms with Crippen LogP contribution in [0.15, 0.2) is 42.5 Å². The molecule has 0 amide bonds. The molecule has 3 aromatic rings. The summed E-state index contributed by atoms with van der Waals surface area (Å²) in [6.07, 6.45) is 0. The summed E-state index contributed by atoms with van der Waals surface area (Å²) in [7, 11) is 3.35. The summed E-state index contributed by atoms with van der Waals surface area (Å²) in [6, 6.07) is 13.6. The Labute approximate surface area is 150 Å². The molecule has 0 atom stereocenters. The lowest BCUT2D eigenvalue weighted by Crippen LogP contribution is -2.06. The number of hydrogen-bond donors (Lipinski definition) is 1. The second-order valence-electron chi connectivity index (χ2n) is 5.36. The molecule has 0 aliphatic heterocycles. The molecule has 0 aliphatic rings. The minimum absolute atomic E-state index is 0.416. The maximum Gasteiger partial charge on any atom is 0.242 e. The van der Waals surface area contributed by atoms with Gasteiger partial charge in [-0.2, -0.15) is 0 Å². The molecule has 0 bridgehead atoms. The minimum Gasteiger partial charge on any atom is -0.493 e. The zero-order valence-electron chi connectivity index (χ0n) is 13.9. The highest BCUT2D eigenvalue weighted by Gasteiger charge is 2.13. The van der Waals surface area contributed by atoms with Crippen LogP contribution in [0.3, 0.4) is 0 Å². The van der Waals surface area contributed by atoms with Crippen LogP contribution >= 0.6 is 11.6 Å². The van der Waals surface area contributed by atoms with Crippen LogP contribution in [0.5, 0.6) is 11.5 Å². The van der Waals surface area contributed by atoms with Gasteiger partial charge in [-0.05, 0) is 33.7 Å². The molecule has 0 radical (unpaired) electrons. The normalized spacial score (nSPS) is 10.5. The largest absolute Gasteiger partial charge is 0.493 e. The van der Waals surface area contributed by atoms with E-state index in [-0.39, 0.29) is 0 Å². The number of methoxy groups -OCH3 is 1. The van der Waals surface area contributed by atoms with Crippen LogP contribution < -0.4 is 14.8 Å². The maximum absolute atomic E-state index is 6.39. The molecule has 1 aromatic heterocycles. The third kappa shape index (κ3) is 4.19. The van der Waals surface area contributed by atoms with Gasteiger partial charge in [0, 0.05) is 13.6 Å². The molecular weight excluding hydrogens is 342 g/mol. The third-order valence-corrected chi connectivity index (χ3v) is 3.87. The van der Waals surface area contributed by atoms with E-state index in [1.54, 1.807) is 18.8 Å². The monoisotopic (exact) mass is 359 g/mol. The van der Waals surface area contributed by atoms with Crippen LogP contribution in [-0.4, -0.2) is 27.3 Å². The molecule has 0 saturated carbocycles. The topological polar surface area (TPSA) is 74.1 Å². The molecule has 0 aliphatic carbocycles. The number of aromatic nitrogens is 4. The number of anilines is 1. The number of ether oxygens (including phenoxy) is 2. The number of hydrogen-bond acceptors (Lipinski definition) is 6. The van der Waals surface area contributed by atoms with Crippen molar-refractivity contribution in [2.24, 2.45) is 7.05 Å². The lowest BCUT2D eigenvalue weighted by Gasteiger charge is -2.14. The zero-order chi connectivity index (χ0) is 17.6. The average Bonchev–Trinajstić information content (AvgIpc) is 3.04. The summed E-state index contributed by atoms with van der Waals surface area (Å²) in [5.41, 5.74) is 1.98. The first-order valence-electron chi connectivity index (χ1n) is 7.66. The number of tetrazole rings is 1. The van der Waals surface area contributed by atoms with E-state index in [0.717, 1.165) is 11.1 Å². The lowest BCUT2D eigenvalue weighted by atomic mass is 10.2. The van der Waals surface area contributed by atoms with Crippen molar-refractivity contribution in [3.05, 3.63) is 58.6 Å². The van der Waals surface area contributed by atoms with Gasteiger partial charge in [0.05, 0.1) is 12.1 Å². The van der Waals surface area contributed by atoms with Crippen LogP contribution in [0.25, 0.3) is 0 Å². The molecule has 1 N–H and O–H groups in total. The van der Waals surface area contributed by atoms with Crippen molar-refractivity contribution >= 4 is 17.5 Å². The van der Waals surface area contributed by atoms with E-state index >= 15 is 0 Å². The van der Waals surface area contributed by atoms with Crippen molar-refractivity contribution in [3.63, 3.8) is 0 Å². The van der Waals surface area contributed by atoms with Crippen LogP contribution in [0.2, 0.25) is 5.02 Å². The predicted octanol–water partition coefficient (Wildman–Crippen LogP) is 3.06. The molecule has 0 unspecified atom stereocenters. The van der Waals surface area contributed by atoms with Crippen LogP contribution in [-0.2, 0) is 20.2 Å². The van der Waals surface area contributed by atoms with Crippen molar-refractivity contribution in [2.75, 3.05) is 12.4 Å². The Balaban J connectivity index is 1.73. The minimum atomic E-state index is 0.416. The number of benzene rings is 2. The second-order valence-corrected chi connectivity index (χ2v) is 5.77. The molecule has 0 saturated heterocycles. The maximum atomic E-state index is 6.39. The second kappa shape index (κ2) is 7.85. The Morgan fingerprint density at radius 2 is 1.96 bits per heavy atom. The molecule has 25 heavy (non-hydrogen) atoms. The first kappa shape index (κ1) is 17.0. The number of nitrogens with one attached hydrogen (secondary N) is 1. The Morgan fingerprint density at radius 1 is 1.16 bits per heavy atom. The molecular formula is C17H18ClN5O2. The van der Waals surface area contributed by atoms with E-state index in [1.807, 2.05) is 42.5 Å². The summed E-state index contributed by atoms with van der Waals surface area (Å²) in [4.78, 5) is 0. The standard InChI is InChI=1S/C17H18ClN5O2/c1-23-17(20-21-22-23)19-10-13-8-14(18)16(15(9-13)24-2)25-11-12-6-4-3-5-7-12/h3-9H,10-11H2,1-2H3,(H,19,20,22). The summed E-state index contributed by atoms with van der Waals surface area (Å²) < 4.78 is 12.8. The number of halogens is 1. The van der Waals surface area contributed by atoms with Crippen LogP contribution in [0.4, 0.5) is 5.95 Å². The summed E-state index contributed by atoms with van der Waals surface area (Å²) in [5.74, 6) is 1.67. The number of nitrogens with zero attached hydrogens (tertiary/aromatic N) is 4. The Bertz CT molecular complexity index is 838. The Kier molecular flexibility index (Phi) is 5.35. The van der Waals surface area contributed by atoms with Gasteiger partial charge in [0.15, 0.2) is 11.5 Å². The molecule has 3 rings (SSSR count). The van der Waals surface area contributed by atoms with Crippen molar-refractivity contribution in [2.45, 2.75) is 13.2 Å². The van der Waals surface area contributed by atoms with E-state index in [9.17, 15) is 0 Å². The van der Waals surface area contributed by atoms with Gasteiger partial charge in [-0.25, -0.2) is 4.68 Å². The van der Waals surface area contributed by atoms with Crippen molar-refractivity contribution in [3.8, 4) is 11.5 Å². The van der Waals surface area contributed by atoms with Crippen molar-refractivity contribution < 1.29 is 9.47 Å². The Hall–Kier alpha value is -2.80. The van der Waals surface area contributed by atoms with E-state index in [4.69, 9.17) is 21.1 Å². The zero-order valence-corrected chi connectivity index (χ0v) is 14.7. The SMILES string of the molecule is COc1cc(CNc2nnnn2C)cc(Cl)c1OCc1ccccc1. The first-order valence-corrected chi connectivity index (χ1v) is 8.04. The van der Waals surface area contributed by atoms with Gasteiger partial charge in [0.25, 0.3) is 0 Å². The first-order chi connectivity index (χ1) is 12.2. The average molecular weight is 360 g/mol. The highest BCUT2D eigenvalue weighted by atomic mass is 35.5. The van der Waals surface area contributed by atoms with Crippen LogP contribution in [0.1, 0.15) is 11.1 Å².